The molecule has 0 bridgehead atoms. The fourth-order valence-electron chi connectivity index (χ4n) is 6.19. The van der Waals surface area contributed by atoms with E-state index in [4.69, 9.17) is 18.9 Å². The molecule has 1 heterocycles. The van der Waals surface area contributed by atoms with E-state index in [9.17, 15) is 49.8 Å². The Labute approximate surface area is 310 Å². The van der Waals surface area contributed by atoms with Gasteiger partial charge in [0.1, 0.15) is 36.5 Å². The standard InChI is InChI=1S/C35H58N4O14/c1-3-51-19-20-52-21-22-53-27-9-7-26(8-10-27)5-4-6-28(32(43)44)36-11-13-37(29(23-40)33(45)46)14-15-38(30(24-41)34(47)48)16-18-39(17-12-36)31(25-42)35(49)50-2/h7-10,28-31,40-42H,3-6,11-25H2,1-2H3,(H,43,44)(H,45,46)(H,47,48)/t28-,29?,30?,31?/m0/s1. The van der Waals surface area contributed by atoms with Crippen LogP contribution in [0.5, 0.6) is 5.75 Å². The average molecular weight is 759 g/mol. The van der Waals surface area contributed by atoms with Crippen LogP contribution >= 0.6 is 0 Å². The van der Waals surface area contributed by atoms with Crippen molar-refractivity contribution in [3.05, 3.63) is 29.8 Å². The SMILES string of the molecule is CCOCCOCCOc1ccc(CCC[C@@H](C(=O)O)N2CCN(C(CO)C(=O)O)CCN(C(CO)C(=O)O)CCN(C(CO)C(=O)OC)CC2)cc1. The Balaban J connectivity index is 2.25. The van der Waals surface area contributed by atoms with Crippen molar-refractivity contribution < 1.29 is 68.8 Å². The molecule has 18 nitrogen and oxygen atoms in total. The number of aliphatic carboxylic acids is 3. The molecule has 1 fully saturated rings. The molecule has 0 radical (unpaired) electrons. The zero-order valence-electron chi connectivity index (χ0n) is 30.8. The number of hydrogen-bond acceptors (Lipinski definition) is 15. The summed E-state index contributed by atoms with van der Waals surface area (Å²) in [6.07, 6.45) is 1.31. The summed E-state index contributed by atoms with van der Waals surface area (Å²) in [7, 11) is 1.17. The molecule has 18 heteroatoms. The molecule has 1 saturated heterocycles. The highest BCUT2D eigenvalue weighted by atomic mass is 16.5. The van der Waals surface area contributed by atoms with Crippen molar-refractivity contribution in [2.24, 2.45) is 0 Å². The summed E-state index contributed by atoms with van der Waals surface area (Å²) in [4.78, 5) is 55.7. The van der Waals surface area contributed by atoms with E-state index in [1.807, 2.05) is 31.2 Å². The van der Waals surface area contributed by atoms with Gasteiger partial charge in [0.2, 0.25) is 0 Å². The van der Waals surface area contributed by atoms with Gasteiger partial charge in [0.25, 0.3) is 0 Å². The summed E-state index contributed by atoms with van der Waals surface area (Å²) < 4.78 is 21.3. The van der Waals surface area contributed by atoms with Gasteiger partial charge < -0.3 is 49.6 Å². The molecule has 6 N–H and O–H groups in total. The Morgan fingerprint density at radius 3 is 1.45 bits per heavy atom. The molecule has 3 unspecified atom stereocenters. The molecule has 1 aliphatic rings. The summed E-state index contributed by atoms with van der Waals surface area (Å²) in [5, 5.41) is 60.1. The molecule has 0 saturated carbocycles. The zero-order chi connectivity index (χ0) is 39.2. The van der Waals surface area contributed by atoms with Gasteiger partial charge in [-0.2, -0.15) is 0 Å². The zero-order valence-corrected chi connectivity index (χ0v) is 30.8. The van der Waals surface area contributed by atoms with E-state index in [1.165, 1.54) is 16.9 Å². The van der Waals surface area contributed by atoms with Gasteiger partial charge in [0.05, 0.1) is 46.8 Å². The van der Waals surface area contributed by atoms with Crippen LogP contribution in [0.3, 0.4) is 0 Å². The van der Waals surface area contributed by atoms with Crippen LogP contribution in [0.2, 0.25) is 0 Å². The van der Waals surface area contributed by atoms with Crippen LogP contribution in [-0.2, 0) is 39.8 Å². The van der Waals surface area contributed by atoms with Crippen molar-refractivity contribution in [2.45, 2.75) is 50.4 Å². The number of carboxylic acid groups (broad SMARTS) is 3. The molecule has 0 aromatic heterocycles. The molecule has 1 aromatic rings. The highest BCUT2D eigenvalue weighted by Crippen LogP contribution is 2.18. The highest BCUT2D eigenvalue weighted by Gasteiger charge is 2.34. The van der Waals surface area contributed by atoms with Crippen LogP contribution in [0.15, 0.2) is 24.3 Å². The normalized spacial score (nSPS) is 18.2. The maximum absolute atomic E-state index is 12.7. The van der Waals surface area contributed by atoms with Gasteiger partial charge in [-0.05, 0) is 43.9 Å². The third-order valence-electron chi connectivity index (χ3n) is 9.25. The first kappa shape index (κ1) is 45.7. The van der Waals surface area contributed by atoms with Gasteiger partial charge in [-0.1, -0.05) is 12.1 Å². The van der Waals surface area contributed by atoms with Gasteiger partial charge >= 0.3 is 23.9 Å². The van der Waals surface area contributed by atoms with Crippen LogP contribution in [-0.4, -0.2) is 211 Å². The number of carbonyl (C=O) groups excluding carboxylic acids is 1. The van der Waals surface area contributed by atoms with Crippen molar-refractivity contribution in [3.63, 3.8) is 0 Å². The predicted octanol–water partition coefficient (Wildman–Crippen LogP) is -1.46. The summed E-state index contributed by atoms with van der Waals surface area (Å²) >= 11 is 0. The third kappa shape index (κ3) is 15.8. The molecule has 302 valence electrons. The van der Waals surface area contributed by atoms with Crippen LogP contribution < -0.4 is 4.74 Å². The molecule has 1 aromatic carbocycles. The first-order chi connectivity index (χ1) is 25.5. The van der Waals surface area contributed by atoms with Gasteiger partial charge in [-0.3, -0.25) is 38.8 Å². The quantitative estimate of drug-likeness (QED) is 0.0552. The second kappa shape index (κ2) is 25.5. The van der Waals surface area contributed by atoms with E-state index in [1.54, 1.807) is 9.80 Å². The number of methoxy groups -OCH3 is 1. The lowest BCUT2D eigenvalue weighted by molar-refractivity contribution is -0.151. The summed E-state index contributed by atoms with van der Waals surface area (Å²) in [5.74, 6) is -3.76. The van der Waals surface area contributed by atoms with Crippen molar-refractivity contribution in [2.75, 3.05) is 112 Å². The maximum Gasteiger partial charge on any atom is 0.325 e. The summed E-state index contributed by atoms with van der Waals surface area (Å²) in [5.41, 5.74) is 0.976. The average Bonchev–Trinajstić information content (AvgIpc) is 3.13. The smallest absolute Gasteiger partial charge is 0.325 e. The van der Waals surface area contributed by atoms with E-state index in [0.717, 1.165) is 5.56 Å². The Morgan fingerprint density at radius 2 is 1.04 bits per heavy atom. The van der Waals surface area contributed by atoms with Gasteiger partial charge in [0.15, 0.2) is 0 Å². The third-order valence-corrected chi connectivity index (χ3v) is 9.25. The van der Waals surface area contributed by atoms with Crippen molar-refractivity contribution in [1.82, 2.24) is 19.6 Å². The highest BCUT2D eigenvalue weighted by molar-refractivity contribution is 5.76. The Bertz CT molecular complexity index is 1230. The number of rotatable bonds is 23. The second-order valence-electron chi connectivity index (χ2n) is 12.5. The first-order valence-electron chi connectivity index (χ1n) is 17.9. The molecule has 0 aliphatic carbocycles. The van der Waals surface area contributed by atoms with Crippen LogP contribution in [0.1, 0.15) is 25.3 Å². The van der Waals surface area contributed by atoms with Crippen molar-refractivity contribution in [1.29, 1.82) is 0 Å². The Morgan fingerprint density at radius 1 is 0.623 bits per heavy atom. The largest absolute Gasteiger partial charge is 0.491 e. The minimum absolute atomic E-state index is 0.00542. The number of aryl methyl sites for hydroxylation is 1. The summed E-state index contributed by atoms with van der Waals surface area (Å²) in [6.45, 7) is 2.43. The molecule has 53 heavy (non-hydrogen) atoms. The topological polar surface area (TPSA) is 240 Å². The van der Waals surface area contributed by atoms with Crippen molar-refractivity contribution >= 4 is 23.9 Å². The number of benzene rings is 1. The summed E-state index contributed by atoms with van der Waals surface area (Å²) in [6, 6.07) is 2.65. The molecule has 0 amide bonds. The van der Waals surface area contributed by atoms with Crippen molar-refractivity contribution in [3.8, 4) is 5.75 Å². The van der Waals surface area contributed by atoms with Crippen LogP contribution in [0.25, 0.3) is 0 Å². The van der Waals surface area contributed by atoms with E-state index in [-0.39, 0.29) is 58.8 Å². The number of carbonyl (C=O) groups is 4. The monoisotopic (exact) mass is 758 g/mol. The number of aliphatic hydroxyl groups excluding tert-OH is 3. The van der Waals surface area contributed by atoms with Gasteiger partial charge in [0, 0.05) is 59.0 Å². The lowest BCUT2D eigenvalue weighted by Crippen LogP contribution is -2.57. The van der Waals surface area contributed by atoms with E-state index in [0.29, 0.717) is 51.6 Å². The maximum atomic E-state index is 12.7. The van der Waals surface area contributed by atoms with Crippen LogP contribution in [0, 0.1) is 0 Å². The van der Waals surface area contributed by atoms with Gasteiger partial charge in [-0.25, -0.2) is 0 Å². The van der Waals surface area contributed by atoms with Gasteiger partial charge in [-0.15, -0.1) is 0 Å². The number of esters is 1. The molecule has 2 rings (SSSR count). The number of aliphatic hydroxyl groups is 3. The lowest BCUT2D eigenvalue weighted by atomic mass is 10.0. The molecular formula is C35H58N4O14. The fourth-order valence-corrected chi connectivity index (χ4v) is 6.19. The number of ether oxygens (including phenoxy) is 4. The molecule has 4 atom stereocenters. The Hall–Kier alpha value is -3.46. The Kier molecular flexibility index (Phi) is 22.0. The first-order valence-corrected chi connectivity index (χ1v) is 17.9. The molecular weight excluding hydrogens is 700 g/mol. The molecule has 1 aliphatic heterocycles. The molecule has 0 spiro atoms. The number of carboxylic acids is 3. The van der Waals surface area contributed by atoms with E-state index >= 15 is 0 Å². The predicted molar refractivity (Wildman–Crippen MR) is 190 cm³/mol. The number of nitrogens with zero attached hydrogens (tertiary/aromatic N) is 4. The fraction of sp³-hybridized carbons (Fsp3) is 0.714. The van der Waals surface area contributed by atoms with Crippen LogP contribution in [0.4, 0.5) is 0 Å². The van der Waals surface area contributed by atoms with E-state index < -0.39 is 67.9 Å². The second-order valence-corrected chi connectivity index (χ2v) is 12.5. The minimum Gasteiger partial charge on any atom is -0.491 e. The minimum atomic E-state index is -1.35. The number of hydrogen-bond donors (Lipinski definition) is 6. The lowest BCUT2D eigenvalue weighted by Gasteiger charge is -2.39. The van der Waals surface area contributed by atoms with E-state index in [2.05, 4.69) is 0 Å².